The highest BCUT2D eigenvalue weighted by Crippen LogP contribution is 2.38. The summed E-state index contributed by atoms with van der Waals surface area (Å²) in [6.07, 6.45) is 0.620. The standard InChI is InChI=1S/C20H20O8/c1-24-17-8-14(9-18(25-2)20(17)26-3)15(22)11-28-19(23)12-27-16-7-5-4-6-13(16)10-21/h4-10H,11-12H2,1-3H3. The topological polar surface area (TPSA) is 97.4 Å². The zero-order valence-electron chi connectivity index (χ0n) is 15.7. The first-order valence-electron chi connectivity index (χ1n) is 8.19. The van der Waals surface area contributed by atoms with E-state index in [1.54, 1.807) is 24.3 Å². The summed E-state index contributed by atoms with van der Waals surface area (Å²) in [6.45, 7) is -0.927. The van der Waals surface area contributed by atoms with Gasteiger partial charge in [0.05, 0.1) is 26.9 Å². The lowest BCUT2D eigenvalue weighted by Crippen LogP contribution is -2.20. The van der Waals surface area contributed by atoms with E-state index in [2.05, 4.69) is 0 Å². The van der Waals surface area contributed by atoms with Crippen LogP contribution in [0.25, 0.3) is 0 Å². The quantitative estimate of drug-likeness (QED) is 0.348. The minimum Gasteiger partial charge on any atom is -0.493 e. The smallest absolute Gasteiger partial charge is 0.344 e. The third-order valence-electron chi connectivity index (χ3n) is 3.74. The van der Waals surface area contributed by atoms with E-state index >= 15 is 0 Å². The van der Waals surface area contributed by atoms with E-state index in [0.29, 0.717) is 29.1 Å². The average Bonchev–Trinajstić information content (AvgIpc) is 2.74. The van der Waals surface area contributed by atoms with Crippen LogP contribution in [-0.4, -0.2) is 52.6 Å². The summed E-state index contributed by atoms with van der Waals surface area (Å²) in [6, 6.07) is 9.38. The van der Waals surface area contributed by atoms with Crippen LogP contribution < -0.4 is 18.9 Å². The molecule has 0 unspecified atom stereocenters. The second kappa shape index (κ2) is 9.96. The van der Waals surface area contributed by atoms with Gasteiger partial charge >= 0.3 is 5.97 Å². The molecule has 0 aliphatic heterocycles. The van der Waals surface area contributed by atoms with Gasteiger partial charge in [-0.1, -0.05) is 12.1 Å². The van der Waals surface area contributed by atoms with Gasteiger partial charge in [0.1, 0.15) is 5.75 Å². The molecule has 0 spiro atoms. The van der Waals surface area contributed by atoms with E-state index < -0.39 is 25.0 Å². The Morgan fingerprint density at radius 3 is 2.11 bits per heavy atom. The average molecular weight is 388 g/mol. The molecule has 2 aromatic rings. The first-order valence-corrected chi connectivity index (χ1v) is 8.19. The SMILES string of the molecule is COc1cc(C(=O)COC(=O)COc2ccccc2C=O)cc(OC)c1OC. The van der Waals surface area contributed by atoms with Crippen LogP contribution in [0.15, 0.2) is 36.4 Å². The number of ether oxygens (including phenoxy) is 5. The monoisotopic (exact) mass is 388 g/mol. The number of hydrogen-bond donors (Lipinski definition) is 0. The van der Waals surface area contributed by atoms with Gasteiger partial charge < -0.3 is 23.7 Å². The van der Waals surface area contributed by atoms with Gasteiger partial charge in [-0.05, 0) is 24.3 Å². The number of Topliss-reactive ketones (excluding diaryl/α,β-unsaturated/α-hetero) is 1. The number of hydrogen-bond acceptors (Lipinski definition) is 8. The zero-order valence-corrected chi connectivity index (χ0v) is 15.7. The first-order chi connectivity index (χ1) is 13.5. The number of aldehydes is 1. The number of methoxy groups -OCH3 is 3. The summed E-state index contributed by atoms with van der Waals surface area (Å²) < 4.78 is 25.8. The van der Waals surface area contributed by atoms with Crippen molar-refractivity contribution in [2.24, 2.45) is 0 Å². The van der Waals surface area contributed by atoms with Crippen molar-refractivity contribution in [3.05, 3.63) is 47.5 Å². The van der Waals surface area contributed by atoms with Gasteiger partial charge in [0, 0.05) is 5.56 Å². The van der Waals surface area contributed by atoms with E-state index in [0.717, 1.165) is 0 Å². The fraction of sp³-hybridized carbons (Fsp3) is 0.250. The summed E-state index contributed by atoms with van der Waals surface area (Å²) in [4.78, 5) is 35.1. The highest BCUT2D eigenvalue weighted by molar-refractivity contribution is 5.99. The molecule has 0 bridgehead atoms. The molecular formula is C20H20O8. The van der Waals surface area contributed by atoms with Crippen LogP contribution >= 0.6 is 0 Å². The lowest BCUT2D eigenvalue weighted by Gasteiger charge is -2.13. The molecule has 28 heavy (non-hydrogen) atoms. The molecule has 2 aromatic carbocycles. The molecule has 0 saturated carbocycles. The Morgan fingerprint density at radius 2 is 1.54 bits per heavy atom. The number of ketones is 1. The molecule has 0 N–H and O–H groups in total. The fourth-order valence-electron chi connectivity index (χ4n) is 2.36. The van der Waals surface area contributed by atoms with Crippen LogP contribution in [0.4, 0.5) is 0 Å². The summed E-state index contributed by atoms with van der Waals surface area (Å²) in [5.41, 5.74) is 0.540. The molecule has 0 aromatic heterocycles. The molecule has 0 saturated heterocycles. The minimum atomic E-state index is -0.749. The maximum absolute atomic E-state index is 12.3. The molecule has 148 valence electrons. The summed E-state index contributed by atoms with van der Waals surface area (Å²) >= 11 is 0. The van der Waals surface area contributed by atoms with Gasteiger partial charge in [-0.2, -0.15) is 0 Å². The number of para-hydroxylation sites is 1. The Labute approximate surface area is 161 Å². The van der Waals surface area contributed by atoms with Crippen molar-refractivity contribution in [2.45, 2.75) is 0 Å². The molecule has 0 aliphatic carbocycles. The third-order valence-corrected chi connectivity index (χ3v) is 3.74. The number of rotatable bonds is 10. The Bertz CT molecular complexity index is 834. The number of carbonyl (C=O) groups is 3. The van der Waals surface area contributed by atoms with Crippen molar-refractivity contribution in [1.29, 1.82) is 0 Å². The van der Waals surface area contributed by atoms with Crippen molar-refractivity contribution in [3.8, 4) is 23.0 Å². The minimum absolute atomic E-state index is 0.231. The Balaban J connectivity index is 1.98. The van der Waals surface area contributed by atoms with Gasteiger partial charge in [-0.3, -0.25) is 9.59 Å². The molecular weight excluding hydrogens is 368 g/mol. The maximum atomic E-state index is 12.3. The number of esters is 1. The van der Waals surface area contributed by atoms with Crippen molar-refractivity contribution < 1.29 is 38.1 Å². The van der Waals surface area contributed by atoms with E-state index in [1.807, 2.05) is 0 Å². The predicted molar refractivity (Wildman–Crippen MR) is 98.7 cm³/mol. The van der Waals surface area contributed by atoms with Gasteiger partial charge in [0.25, 0.3) is 0 Å². The zero-order chi connectivity index (χ0) is 20.5. The van der Waals surface area contributed by atoms with Gasteiger partial charge in [-0.15, -0.1) is 0 Å². The van der Waals surface area contributed by atoms with Gasteiger partial charge in [0.2, 0.25) is 11.5 Å². The van der Waals surface area contributed by atoms with E-state index in [1.165, 1.54) is 33.5 Å². The lowest BCUT2D eigenvalue weighted by molar-refractivity contribution is -0.144. The van der Waals surface area contributed by atoms with Crippen LogP contribution in [0.5, 0.6) is 23.0 Å². The van der Waals surface area contributed by atoms with Crippen molar-refractivity contribution >= 4 is 18.0 Å². The maximum Gasteiger partial charge on any atom is 0.344 e. The second-order valence-corrected chi connectivity index (χ2v) is 5.44. The van der Waals surface area contributed by atoms with Gasteiger partial charge in [0.15, 0.2) is 31.0 Å². The summed E-state index contributed by atoms with van der Waals surface area (Å²) in [7, 11) is 4.31. The van der Waals surface area contributed by atoms with Crippen LogP contribution in [0.2, 0.25) is 0 Å². The summed E-state index contributed by atoms with van der Waals surface area (Å²) in [5, 5.41) is 0. The largest absolute Gasteiger partial charge is 0.493 e. The lowest BCUT2D eigenvalue weighted by atomic mass is 10.1. The van der Waals surface area contributed by atoms with Crippen LogP contribution in [0.3, 0.4) is 0 Å². The highest BCUT2D eigenvalue weighted by atomic mass is 16.6. The van der Waals surface area contributed by atoms with Crippen LogP contribution in [0.1, 0.15) is 20.7 Å². The molecule has 0 fully saturated rings. The first kappa shape index (κ1) is 20.8. The Hall–Kier alpha value is -3.55. The number of benzene rings is 2. The Morgan fingerprint density at radius 1 is 0.893 bits per heavy atom. The molecule has 0 amide bonds. The van der Waals surface area contributed by atoms with Crippen molar-refractivity contribution in [1.82, 2.24) is 0 Å². The second-order valence-electron chi connectivity index (χ2n) is 5.44. The van der Waals surface area contributed by atoms with E-state index in [9.17, 15) is 14.4 Å². The Kier molecular flexibility index (Phi) is 7.38. The molecule has 0 aliphatic rings. The summed E-state index contributed by atoms with van der Waals surface area (Å²) in [5.74, 6) is 0.0178. The van der Waals surface area contributed by atoms with Crippen LogP contribution in [-0.2, 0) is 9.53 Å². The number of carbonyl (C=O) groups excluding carboxylic acids is 3. The van der Waals surface area contributed by atoms with Crippen molar-refractivity contribution in [2.75, 3.05) is 34.5 Å². The highest BCUT2D eigenvalue weighted by Gasteiger charge is 2.18. The molecule has 0 heterocycles. The van der Waals surface area contributed by atoms with E-state index in [-0.39, 0.29) is 11.3 Å². The van der Waals surface area contributed by atoms with Crippen molar-refractivity contribution in [3.63, 3.8) is 0 Å². The molecule has 0 atom stereocenters. The molecule has 8 heteroatoms. The molecule has 0 radical (unpaired) electrons. The fourth-order valence-corrected chi connectivity index (χ4v) is 2.36. The third kappa shape index (κ3) is 5.00. The van der Waals surface area contributed by atoms with Gasteiger partial charge in [-0.25, -0.2) is 4.79 Å². The predicted octanol–water partition coefficient (Wildman–Crippen LogP) is 2.33. The van der Waals surface area contributed by atoms with Crippen LogP contribution in [0, 0.1) is 0 Å². The normalized spacial score (nSPS) is 9.96. The molecule has 2 rings (SSSR count). The molecule has 8 nitrogen and oxygen atoms in total. The van der Waals surface area contributed by atoms with E-state index in [4.69, 9.17) is 23.7 Å².